The van der Waals surface area contributed by atoms with Crippen LogP contribution in [0.5, 0.6) is 17.2 Å². The number of carbonyl (C=O) groups excluding carboxylic acids is 1. The topological polar surface area (TPSA) is 56.8 Å². The van der Waals surface area contributed by atoms with Crippen LogP contribution in [0.25, 0.3) is 0 Å². The molecular formula is C27H20F5NO4. The monoisotopic (exact) mass is 517 g/mol. The molecule has 1 N–H and O–H groups in total. The fourth-order valence-corrected chi connectivity index (χ4v) is 5.08. The molecule has 2 aliphatic heterocycles. The van der Waals surface area contributed by atoms with Crippen molar-refractivity contribution in [2.45, 2.75) is 36.6 Å². The summed E-state index contributed by atoms with van der Waals surface area (Å²) in [5.74, 6) is -5.66. The van der Waals surface area contributed by atoms with Gasteiger partial charge in [-0.05, 0) is 41.5 Å². The Morgan fingerprint density at radius 3 is 2.35 bits per heavy atom. The molecule has 10 heteroatoms. The van der Waals surface area contributed by atoms with E-state index in [1.807, 2.05) is 0 Å². The number of fused-ring (bicyclic) bond motifs is 2. The van der Waals surface area contributed by atoms with Crippen molar-refractivity contribution in [2.75, 3.05) is 6.79 Å². The normalized spacial score (nSPS) is 25.1. The van der Waals surface area contributed by atoms with Gasteiger partial charge < -0.3 is 19.5 Å². The van der Waals surface area contributed by atoms with E-state index in [9.17, 15) is 26.7 Å². The van der Waals surface area contributed by atoms with Crippen LogP contribution in [0.2, 0.25) is 0 Å². The summed E-state index contributed by atoms with van der Waals surface area (Å²) in [5, 5.41) is 2.75. The van der Waals surface area contributed by atoms with E-state index in [-0.39, 0.29) is 18.8 Å². The van der Waals surface area contributed by atoms with E-state index in [1.165, 1.54) is 24.3 Å². The van der Waals surface area contributed by atoms with Gasteiger partial charge in [0.2, 0.25) is 12.7 Å². The Morgan fingerprint density at radius 1 is 0.892 bits per heavy atom. The van der Waals surface area contributed by atoms with Crippen molar-refractivity contribution in [1.82, 2.24) is 5.32 Å². The van der Waals surface area contributed by atoms with Gasteiger partial charge in [-0.1, -0.05) is 36.4 Å². The fraction of sp³-hybridized carbons (Fsp3) is 0.296. The molecule has 0 radical (unpaired) electrons. The van der Waals surface area contributed by atoms with Gasteiger partial charge in [0.15, 0.2) is 11.5 Å². The molecule has 2 heterocycles. The van der Waals surface area contributed by atoms with Gasteiger partial charge in [-0.15, -0.1) is 0 Å². The number of carbonyl (C=O) groups is 1. The summed E-state index contributed by atoms with van der Waals surface area (Å²) in [6.45, 7) is 0.00696. The van der Waals surface area contributed by atoms with E-state index in [4.69, 9.17) is 14.2 Å². The highest BCUT2D eigenvalue weighted by Crippen LogP contribution is 2.62. The number of hydrogen-bond donors (Lipinski definition) is 1. The molecule has 3 aromatic rings. The zero-order valence-electron chi connectivity index (χ0n) is 19.1. The molecule has 1 fully saturated rings. The maximum absolute atomic E-state index is 14.8. The Hall–Kier alpha value is -3.82. The largest absolute Gasteiger partial charge is 0.485 e. The van der Waals surface area contributed by atoms with Crippen LogP contribution in [-0.4, -0.2) is 18.6 Å². The molecule has 1 aliphatic carbocycles. The first kappa shape index (κ1) is 23.6. The lowest BCUT2D eigenvalue weighted by molar-refractivity contribution is -0.137. The van der Waals surface area contributed by atoms with E-state index in [2.05, 4.69) is 5.32 Å². The fourth-order valence-electron chi connectivity index (χ4n) is 5.08. The second kappa shape index (κ2) is 8.36. The summed E-state index contributed by atoms with van der Waals surface area (Å²) < 4.78 is 85.1. The molecule has 4 unspecified atom stereocenters. The van der Waals surface area contributed by atoms with Crippen molar-refractivity contribution < 1.29 is 41.0 Å². The van der Waals surface area contributed by atoms with Crippen LogP contribution in [0, 0.1) is 5.92 Å². The van der Waals surface area contributed by atoms with Gasteiger partial charge in [-0.2, -0.15) is 13.2 Å². The number of para-hydroxylation sites is 1. The molecule has 37 heavy (non-hydrogen) atoms. The van der Waals surface area contributed by atoms with Crippen LogP contribution in [0.1, 0.15) is 46.7 Å². The molecule has 0 spiro atoms. The highest BCUT2D eigenvalue weighted by molar-refractivity contribution is 5.86. The average molecular weight is 517 g/mol. The van der Waals surface area contributed by atoms with Gasteiger partial charge in [0, 0.05) is 12.0 Å². The van der Waals surface area contributed by atoms with Crippen molar-refractivity contribution in [2.24, 2.45) is 5.92 Å². The quantitative estimate of drug-likeness (QED) is 0.421. The summed E-state index contributed by atoms with van der Waals surface area (Å²) >= 11 is 0. The molecule has 5 nitrogen and oxygen atoms in total. The smallest absolute Gasteiger partial charge is 0.416 e. The number of amides is 1. The number of rotatable bonds is 4. The molecule has 1 amide bonds. The maximum atomic E-state index is 14.8. The maximum Gasteiger partial charge on any atom is 0.416 e. The van der Waals surface area contributed by atoms with Gasteiger partial charge >= 0.3 is 6.18 Å². The van der Waals surface area contributed by atoms with Crippen LogP contribution < -0.4 is 19.5 Å². The highest BCUT2D eigenvalue weighted by Gasteiger charge is 2.72. The van der Waals surface area contributed by atoms with E-state index in [1.54, 1.807) is 30.3 Å². The summed E-state index contributed by atoms with van der Waals surface area (Å²) in [5.41, 5.74) is 0.589. The number of hydrogen-bond acceptors (Lipinski definition) is 4. The van der Waals surface area contributed by atoms with Crippen LogP contribution in [0.3, 0.4) is 0 Å². The highest BCUT2D eigenvalue weighted by atomic mass is 19.4. The van der Waals surface area contributed by atoms with Gasteiger partial charge in [0.1, 0.15) is 17.8 Å². The lowest BCUT2D eigenvalue weighted by Gasteiger charge is -2.33. The van der Waals surface area contributed by atoms with Crippen molar-refractivity contribution in [1.29, 1.82) is 0 Å². The average Bonchev–Trinajstić information content (AvgIpc) is 3.19. The molecule has 3 aliphatic rings. The van der Waals surface area contributed by atoms with Gasteiger partial charge in [0.05, 0.1) is 17.5 Å². The number of alkyl halides is 5. The first-order valence-electron chi connectivity index (χ1n) is 11.6. The van der Waals surface area contributed by atoms with Gasteiger partial charge in [-0.25, -0.2) is 8.78 Å². The Kier molecular flexibility index (Phi) is 5.32. The number of halogens is 5. The van der Waals surface area contributed by atoms with E-state index in [0.29, 0.717) is 28.4 Å². The summed E-state index contributed by atoms with van der Waals surface area (Å²) in [6.07, 6.45) is -4.98. The first-order valence-corrected chi connectivity index (χ1v) is 11.6. The molecular weight excluding hydrogens is 497 g/mol. The standard InChI is InChI=1S/C27H20F5NO4/c28-26(29)23(15-7-10-20-22(11-15)36-13-35-20)24(26)25(34)33-18-12-21(37-19-4-2-1-3-17(18)19)14-5-8-16(9-6-14)27(30,31)32/h1-11,18,21,23-24H,12-13H2,(H,33,34). The van der Waals surface area contributed by atoms with E-state index in [0.717, 1.165) is 12.1 Å². The van der Waals surface area contributed by atoms with Crippen molar-refractivity contribution in [3.05, 3.63) is 89.0 Å². The third kappa shape index (κ3) is 4.14. The molecule has 0 aromatic heterocycles. The Labute approximate surface area is 208 Å². The van der Waals surface area contributed by atoms with E-state index >= 15 is 0 Å². The molecule has 6 rings (SSSR count). The minimum Gasteiger partial charge on any atom is -0.485 e. The Morgan fingerprint density at radius 2 is 1.59 bits per heavy atom. The van der Waals surface area contributed by atoms with Crippen LogP contribution in [0.4, 0.5) is 22.0 Å². The molecule has 3 aromatic carbocycles. The molecule has 0 bridgehead atoms. The van der Waals surface area contributed by atoms with Crippen LogP contribution >= 0.6 is 0 Å². The lowest BCUT2D eigenvalue weighted by Crippen LogP contribution is -2.35. The lowest BCUT2D eigenvalue weighted by atomic mass is 9.92. The minimum atomic E-state index is -4.47. The third-order valence-electron chi connectivity index (χ3n) is 7.03. The van der Waals surface area contributed by atoms with Crippen molar-refractivity contribution in [3.8, 4) is 17.2 Å². The first-order chi connectivity index (χ1) is 17.6. The second-order valence-corrected chi connectivity index (χ2v) is 9.30. The predicted octanol–water partition coefficient (Wildman–Crippen LogP) is 6.16. The summed E-state index contributed by atoms with van der Waals surface area (Å²) in [4.78, 5) is 13.1. The van der Waals surface area contributed by atoms with Gasteiger partial charge in [0.25, 0.3) is 5.92 Å². The molecule has 192 valence electrons. The van der Waals surface area contributed by atoms with E-state index < -0.39 is 47.6 Å². The number of benzene rings is 3. The summed E-state index contributed by atoms with van der Waals surface area (Å²) in [7, 11) is 0. The van der Waals surface area contributed by atoms with Crippen LogP contribution in [0.15, 0.2) is 66.7 Å². The third-order valence-corrected chi connectivity index (χ3v) is 7.03. The zero-order valence-corrected chi connectivity index (χ0v) is 19.1. The Balaban J connectivity index is 1.23. The van der Waals surface area contributed by atoms with Crippen molar-refractivity contribution in [3.63, 3.8) is 0 Å². The van der Waals surface area contributed by atoms with Crippen LogP contribution in [-0.2, 0) is 11.0 Å². The molecule has 4 atom stereocenters. The molecule has 0 saturated heterocycles. The zero-order chi connectivity index (χ0) is 25.9. The predicted molar refractivity (Wildman–Crippen MR) is 120 cm³/mol. The SMILES string of the molecule is O=C(NC1CC(c2ccc(C(F)(F)F)cc2)Oc2ccccc21)C1C(c2ccc3c(c2)OCO3)C1(F)F. The Bertz CT molecular complexity index is 1360. The molecule has 1 saturated carbocycles. The minimum absolute atomic E-state index is 0.00696. The number of nitrogens with one attached hydrogen (secondary N) is 1. The van der Waals surface area contributed by atoms with Crippen molar-refractivity contribution >= 4 is 5.91 Å². The second-order valence-electron chi connectivity index (χ2n) is 9.30. The number of ether oxygens (including phenoxy) is 3. The summed E-state index contributed by atoms with van der Waals surface area (Å²) in [6, 6.07) is 15.3. The van der Waals surface area contributed by atoms with Gasteiger partial charge in [-0.3, -0.25) is 4.79 Å².